The van der Waals surface area contributed by atoms with E-state index in [-0.39, 0.29) is 22.5 Å². The van der Waals surface area contributed by atoms with E-state index in [1.54, 1.807) is 19.2 Å². The molecule has 0 saturated heterocycles. The van der Waals surface area contributed by atoms with E-state index < -0.39 is 10.0 Å². The molecule has 2 unspecified atom stereocenters. The van der Waals surface area contributed by atoms with Gasteiger partial charge in [-0.1, -0.05) is 19.9 Å². The van der Waals surface area contributed by atoms with Gasteiger partial charge in [0, 0.05) is 18.6 Å². The Labute approximate surface area is 119 Å². The van der Waals surface area contributed by atoms with Crippen LogP contribution in [0.1, 0.15) is 25.8 Å². The summed E-state index contributed by atoms with van der Waals surface area (Å²) in [5, 5.41) is 8.83. The third-order valence-corrected chi connectivity index (χ3v) is 5.50. The Hall–Kier alpha value is -1.42. The van der Waals surface area contributed by atoms with Crippen LogP contribution in [-0.4, -0.2) is 27.7 Å². The molecule has 0 bridgehead atoms. The lowest BCUT2D eigenvalue weighted by atomic mass is 9.65. The van der Waals surface area contributed by atoms with E-state index in [1.807, 2.05) is 19.9 Å². The SMILES string of the molecule is COC1CC(NS(=O)(=O)c2cccc(C#N)c2)C1(C)C. The summed E-state index contributed by atoms with van der Waals surface area (Å²) in [5.41, 5.74) is 0.0878. The zero-order valence-electron chi connectivity index (χ0n) is 11.8. The first kappa shape index (κ1) is 15.0. The summed E-state index contributed by atoms with van der Waals surface area (Å²) in [5.74, 6) is 0. The summed E-state index contributed by atoms with van der Waals surface area (Å²) >= 11 is 0. The number of nitrogens with zero attached hydrogens (tertiary/aromatic N) is 1. The van der Waals surface area contributed by atoms with Gasteiger partial charge >= 0.3 is 0 Å². The smallest absolute Gasteiger partial charge is 0.240 e. The monoisotopic (exact) mass is 294 g/mol. The molecule has 0 spiro atoms. The highest BCUT2D eigenvalue weighted by atomic mass is 32.2. The van der Waals surface area contributed by atoms with Gasteiger partial charge in [0.1, 0.15) is 0 Å². The molecule has 20 heavy (non-hydrogen) atoms. The third kappa shape index (κ3) is 2.57. The molecule has 1 fully saturated rings. The molecule has 1 N–H and O–H groups in total. The fourth-order valence-electron chi connectivity index (χ4n) is 2.47. The predicted octanol–water partition coefficient (Wildman–Crippen LogP) is 1.65. The first-order valence-corrected chi connectivity index (χ1v) is 7.85. The van der Waals surface area contributed by atoms with E-state index in [1.165, 1.54) is 12.1 Å². The minimum atomic E-state index is -3.61. The number of hydrogen-bond donors (Lipinski definition) is 1. The van der Waals surface area contributed by atoms with Crippen molar-refractivity contribution in [1.82, 2.24) is 4.72 Å². The van der Waals surface area contributed by atoms with Crippen LogP contribution >= 0.6 is 0 Å². The quantitative estimate of drug-likeness (QED) is 0.915. The Morgan fingerprint density at radius 1 is 1.45 bits per heavy atom. The standard InChI is InChI=1S/C14H18N2O3S/c1-14(2)12(8-13(14)19-3)16-20(17,18)11-6-4-5-10(7-11)9-15/h4-7,12-13,16H,8H2,1-3H3. The van der Waals surface area contributed by atoms with E-state index in [0.29, 0.717) is 12.0 Å². The molecular formula is C14H18N2O3S. The van der Waals surface area contributed by atoms with Crippen molar-refractivity contribution in [2.75, 3.05) is 7.11 Å². The van der Waals surface area contributed by atoms with E-state index in [9.17, 15) is 8.42 Å². The molecule has 1 aliphatic carbocycles. The van der Waals surface area contributed by atoms with E-state index >= 15 is 0 Å². The molecule has 1 aromatic rings. The fourth-order valence-corrected chi connectivity index (χ4v) is 3.92. The zero-order valence-corrected chi connectivity index (χ0v) is 12.6. The minimum absolute atomic E-state index is 0.0562. The van der Waals surface area contributed by atoms with Crippen LogP contribution in [0.3, 0.4) is 0 Å². The first-order chi connectivity index (χ1) is 9.31. The molecule has 2 rings (SSSR count). The molecule has 0 aliphatic heterocycles. The average molecular weight is 294 g/mol. The second-order valence-electron chi connectivity index (χ2n) is 5.59. The molecular weight excluding hydrogens is 276 g/mol. The second kappa shape index (κ2) is 5.17. The number of nitrogens with one attached hydrogen (secondary N) is 1. The third-order valence-electron chi connectivity index (χ3n) is 4.03. The van der Waals surface area contributed by atoms with Crippen molar-refractivity contribution >= 4 is 10.0 Å². The van der Waals surface area contributed by atoms with E-state index in [0.717, 1.165) is 0 Å². The van der Waals surface area contributed by atoms with Crippen molar-refractivity contribution in [3.05, 3.63) is 29.8 Å². The number of nitriles is 1. The van der Waals surface area contributed by atoms with Gasteiger partial charge in [-0.05, 0) is 24.6 Å². The average Bonchev–Trinajstić information content (AvgIpc) is 2.43. The number of rotatable bonds is 4. The van der Waals surface area contributed by atoms with Crippen molar-refractivity contribution in [3.63, 3.8) is 0 Å². The molecule has 0 heterocycles. The van der Waals surface area contributed by atoms with Gasteiger partial charge in [-0.25, -0.2) is 13.1 Å². The lowest BCUT2D eigenvalue weighted by Gasteiger charge is -2.50. The Kier molecular flexibility index (Phi) is 3.87. The van der Waals surface area contributed by atoms with Crippen molar-refractivity contribution in [2.24, 2.45) is 5.41 Å². The van der Waals surface area contributed by atoms with Crippen LogP contribution in [0.5, 0.6) is 0 Å². The van der Waals surface area contributed by atoms with Crippen LogP contribution in [0.2, 0.25) is 0 Å². The maximum absolute atomic E-state index is 12.3. The highest BCUT2D eigenvalue weighted by molar-refractivity contribution is 7.89. The van der Waals surface area contributed by atoms with Crippen LogP contribution in [0.4, 0.5) is 0 Å². The van der Waals surface area contributed by atoms with Crippen LogP contribution in [0.25, 0.3) is 0 Å². The second-order valence-corrected chi connectivity index (χ2v) is 7.31. The molecule has 0 amide bonds. The molecule has 0 aromatic heterocycles. The first-order valence-electron chi connectivity index (χ1n) is 6.36. The highest BCUT2D eigenvalue weighted by Gasteiger charge is 2.50. The summed E-state index contributed by atoms with van der Waals surface area (Å²) in [6, 6.07) is 7.79. The van der Waals surface area contributed by atoms with Crippen LogP contribution in [0, 0.1) is 16.7 Å². The van der Waals surface area contributed by atoms with E-state index in [2.05, 4.69) is 4.72 Å². The summed E-state index contributed by atoms with van der Waals surface area (Å²) in [4.78, 5) is 0.119. The van der Waals surface area contributed by atoms with Crippen LogP contribution < -0.4 is 4.72 Å². The Bertz CT molecular complexity index is 647. The minimum Gasteiger partial charge on any atom is -0.381 e. The van der Waals surface area contributed by atoms with Crippen molar-refractivity contribution < 1.29 is 13.2 Å². The zero-order chi connectivity index (χ0) is 15.0. The van der Waals surface area contributed by atoms with Crippen molar-refractivity contribution in [1.29, 1.82) is 5.26 Å². The van der Waals surface area contributed by atoms with Crippen molar-refractivity contribution in [2.45, 2.75) is 37.3 Å². The molecule has 1 aliphatic rings. The van der Waals surface area contributed by atoms with Crippen LogP contribution in [-0.2, 0) is 14.8 Å². The largest absolute Gasteiger partial charge is 0.381 e. The van der Waals surface area contributed by atoms with Crippen LogP contribution in [0.15, 0.2) is 29.2 Å². The normalized spacial score (nSPS) is 24.7. The highest BCUT2D eigenvalue weighted by Crippen LogP contribution is 2.43. The maximum atomic E-state index is 12.3. The van der Waals surface area contributed by atoms with Gasteiger partial charge in [0.15, 0.2) is 0 Å². The molecule has 0 radical (unpaired) electrons. The number of hydrogen-bond acceptors (Lipinski definition) is 4. The number of methoxy groups -OCH3 is 1. The van der Waals surface area contributed by atoms with Gasteiger partial charge in [-0.3, -0.25) is 0 Å². The summed E-state index contributed by atoms with van der Waals surface area (Å²) in [6.07, 6.45) is 0.710. The number of benzene rings is 1. The molecule has 108 valence electrons. The topological polar surface area (TPSA) is 79.2 Å². The van der Waals surface area contributed by atoms with Gasteiger partial charge in [0.2, 0.25) is 10.0 Å². The Balaban J connectivity index is 2.19. The fraction of sp³-hybridized carbons (Fsp3) is 0.500. The lowest BCUT2D eigenvalue weighted by Crippen LogP contribution is -2.61. The van der Waals surface area contributed by atoms with Gasteiger partial charge in [0.05, 0.1) is 22.6 Å². The van der Waals surface area contributed by atoms with E-state index in [4.69, 9.17) is 10.00 Å². The van der Waals surface area contributed by atoms with Gasteiger partial charge in [-0.2, -0.15) is 5.26 Å². The van der Waals surface area contributed by atoms with Gasteiger partial charge < -0.3 is 4.74 Å². The predicted molar refractivity (Wildman–Crippen MR) is 74.5 cm³/mol. The summed E-state index contributed by atoms with van der Waals surface area (Å²) < 4.78 is 32.7. The molecule has 5 nitrogen and oxygen atoms in total. The molecule has 1 saturated carbocycles. The number of sulfonamides is 1. The van der Waals surface area contributed by atoms with Crippen molar-refractivity contribution in [3.8, 4) is 6.07 Å². The molecule has 6 heteroatoms. The molecule has 1 aromatic carbocycles. The summed E-state index contributed by atoms with van der Waals surface area (Å²) in [7, 11) is -1.98. The summed E-state index contributed by atoms with van der Waals surface area (Å²) in [6.45, 7) is 3.95. The van der Waals surface area contributed by atoms with Gasteiger partial charge in [-0.15, -0.1) is 0 Å². The van der Waals surface area contributed by atoms with Gasteiger partial charge in [0.25, 0.3) is 0 Å². The Morgan fingerprint density at radius 2 is 2.15 bits per heavy atom. The molecule has 2 atom stereocenters. The maximum Gasteiger partial charge on any atom is 0.240 e. The Morgan fingerprint density at radius 3 is 2.70 bits per heavy atom. The lowest BCUT2D eigenvalue weighted by molar-refractivity contribution is -0.0908. The number of ether oxygens (including phenoxy) is 1.